The van der Waals surface area contributed by atoms with Gasteiger partial charge in [-0.1, -0.05) is 29.3 Å². The number of sulfonamides is 1. The van der Waals surface area contributed by atoms with Gasteiger partial charge >= 0.3 is 0 Å². The molecule has 0 aliphatic rings. The lowest BCUT2D eigenvalue weighted by Gasteiger charge is -2.14. The normalized spacial score (nSPS) is 11.2. The van der Waals surface area contributed by atoms with E-state index in [2.05, 4.69) is 4.72 Å². The lowest BCUT2D eigenvalue weighted by atomic mass is 9.98. The van der Waals surface area contributed by atoms with Gasteiger partial charge in [0.2, 0.25) is 0 Å². The zero-order chi connectivity index (χ0) is 20.5. The van der Waals surface area contributed by atoms with Crippen molar-refractivity contribution in [1.82, 2.24) is 0 Å². The van der Waals surface area contributed by atoms with Crippen LogP contribution in [0.5, 0.6) is 0 Å². The molecule has 7 heteroatoms. The first-order valence-electron chi connectivity index (χ1n) is 8.61. The molecule has 3 aromatic rings. The molecule has 1 heterocycles. The maximum Gasteiger partial charge on any atom is 0.261 e. The van der Waals surface area contributed by atoms with Gasteiger partial charge in [0.15, 0.2) is 18.2 Å². The first-order valence-corrected chi connectivity index (χ1v) is 10.1. The number of nitrogens with zero attached hydrogens (tertiary/aromatic N) is 1. The Kier molecular flexibility index (Phi) is 5.20. The molecule has 144 valence electrons. The molecule has 0 atom stereocenters. The van der Waals surface area contributed by atoms with Gasteiger partial charge in [0.05, 0.1) is 10.6 Å². The smallest absolute Gasteiger partial charge is 0.261 e. The molecular weight excluding hydrogens is 376 g/mol. The van der Waals surface area contributed by atoms with Crippen molar-refractivity contribution in [3.05, 3.63) is 93.9 Å². The summed E-state index contributed by atoms with van der Waals surface area (Å²) in [6.45, 7) is 5.35. The Hall–Kier alpha value is -3.19. The van der Waals surface area contributed by atoms with Crippen molar-refractivity contribution in [3.8, 4) is 0 Å². The van der Waals surface area contributed by atoms with Crippen molar-refractivity contribution in [2.75, 3.05) is 4.72 Å². The summed E-state index contributed by atoms with van der Waals surface area (Å²) in [5.41, 5.74) is 3.02. The summed E-state index contributed by atoms with van der Waals surface area (Å²) in [4.78, 5) is 13.2. The van der Waals surface area contributed by atoms with Gasteiger partial charge < -0.3 is 5.21 Å². The molecule has 0 bridgehead atoms. The highest BCUT2D eigenvalue weighted by molar-refractivity contribution is 7.92. The Balaban J connectivity index is 2.03. The molecule has 0 unspecified atom stereocenters. The van der Waals surface area contributed by atoms with Crippen LogP contribution >= 0.6 is 0 Å². The van der Waals surface area contributed by atoms with Crippen molar-refractivity contribution in [3.63, 3.8) is 0 Å². The fourth-order valence-electron chi connectivity index (χ4n) is 2.84. The van der Waals surface area contributed by atoms with Gasteiger partial charge in [0.1, 0.15) is 0 Å². The zero-order valence-corrected chi connectivity index (χ0v) is 16.6. The van der Waals surface area contributed by atoms with Crippen molar-refractivity contribution in [2.45, 2.75) is 25.7 Å². The molecular formula is C21H20N2O4S. The van der Waals surface area contributed by atoms with Gasteiger partial charge in [-0.15, -0.1) is 0 Å². The lowest BCUT2D eigenvalue weighted by molar-refractivity contribution is -0.605. The second-order valence-electron chi connectivity index (χ2n) is 6.70. The van der Waals surface area contributed by atoms with Gasteiger partial charge in [-0.25, -0.2) is 8.42 Å². The van der Waals surface area contributed by atoms with Crippen LogP contribution in [0.15, 0.2) is 65.8 Å². The molecule has 0 aliphatic heterocycles. The topological polar surface area (TPSA) is 90.2 Å². The molecule has 0 saturated heterocycles. The van der Waals surface area contributed by atoms with Crippen LogP contribution in [-0.4, -0.2) is 14.2 Å². The largest absolute Gasteiger partial charge is 0.619 e. The Bertz CT molecular complexity index is 1150. The summed E-state index contributed by atoms with van der Waals surface area (Å²) in [6.07, 6.45) is 2.55. The number of aromatic nitrogens is 1. The van der Waals surface area contributed by atoms with Crippen molar-refractivity contribution in [1.29, 1.82) is 0 Å². The standard InChI is InChI=1S/C21H20N2O4S/c1-14-4-7-17(8-5-14)28(26,27)22-20-9-6-15(2)12-19(20)21(24)18-10-11-23(25)13-16(18)3/h4-13,22H,1-3H3. The number of hydrogen-bond donors (Lipinski definition) is 1. The lowest BCUT2D eigenvalue weighted by Crippen LogP contribution is -2.26. The summed E-state index contributed by atoms with van der Waals surface area (Å²) < 4.78 is 28.6. The monoisotopic (exact) mass is 396 g/mol. The Morgan fingerprint density at radius 1 is 0.929 bits per heavy atom. The van der Waals surface area contributed by atoms with Crippen LogP contribution in [0.1, 0.15) is 32.6 Å². The molecule has 0 aliphatic carbocycles. The minimum Gasteiger partial charge on any atom is -0.619 e. The number of rotatable bonds is 5. The van der Waals surface area contributed by atoms with Crippen molar-refractivity contribution >= 4 is 21.5 Å². The van der Waals surface area contributed by atoms with E-state index >= 15 is 0 Å². The number of hydrogen-bond acceptors (Lipinski definition) is 4. The third kappa shape index (κ3) is 4.04. The number of ketones is 1. The first-order chi connectivity index (χ1) is 13.2. The number of pyridine rings is 1. The van der Waals surface area contributed by atoms with Crippen LogP contribution in [0.2, 0.25) is 0 Å². The van der Waals surface area contributed by atoms with Gasteiger partial charge in [-0.2, -0.15) is 4.73 Å². The maximum absolute atomic E-state index is 13.1. The van der Waals surface area contributed by atoms with Crippen LogP contribution in [0.25, 0.3) is 0 Å². The minimum atomic E-state index is -3.85. The highest BCUT2D eigenvalue weighted by Gasteiger charge is 2.21. The van der Waals surface area contributed by atoms with E-state index in [1.807, 2.05) is 13.8 Å². The van der Waals surface area contributed by atoms with Gasteiger partial charge in [-0.05, 0) is 45.0 Å². The summed E-state index contributed by atoms with van der Waals surface area (Å²) in [7, 11) is -3.85. The summed E-state index contributed by atoms with van der Waals surface area (Å²) in [5, 5.41) is 11.4. The van der Waals surface area contributed by atoms with E-state index < -0.39 is 10.0 Å². The molecule has 3 rings (SSSR count). The molecule has 0 spiro atoms. The van der Waals surface area contributed by atoms with E-state index in [9.17, 15) is 18.4 Å². The molecule has 0 saturated carbocycles. The predicted molar refractivity (Wildman–Crippen MR) is 107 cm³/mol. The van der Waals surface area contributed by atoms with Crippen molar-refractivity contribution in [2.24, 2.45) is 0 Å². The fourth-order valence-corrected chi connectivity index (χ4v) is 3.92. The maximum atomic E-state index is 13.1. The van der Waals surface area contributed by atoms with Crippen LogP contribution in [0.4, 0.5) is 5.69 Å². The molecule has 1 N–H and O–H groups in total. The van der Waals surface area contributed by atoms with E-state index in [-0.39, 0.29) is 21.9 Å². The Morgan fingerprint density at radius 3 is 2.21 bits per heavy atom. The molecule has 2 aromatic carbocycles. The second-order valence-corrected chi connectivity index (χ2v) is 8.38. The van der Waals surface area contributed by atoms with Gasteiger partial charge in [0, 0.05) is 22.8 Å². The third-order valence-corrected chi connectivity index (χ3v) is 5.76. The van der Waals surface area contributed by atoms with Crippen LogP contribution < -0.4 is 9.45 Å². The summed E-state index contributed by atoms with van der Waals surface area (Å²) in [5.74, 6) is -0.358. The quantitative estimate of drug-likeness (QED) is 0.407. The minimum absolute atomic E-state index is 0.111. The highest BCUT2D eigenvalue weighted by Crippen LogP contribution is 2.25. The zero-order valence-electron chi connectivity index (χ0n) is 15.8. The van der Waals surface area contributed by atoms with Crippen LogP contribution in [-0.2, 0) is 10.0 Å². The number of carbonyl (C=O) groups is 1. The first kappa shape index (κ1) is 19.6. The second kappa shape index (κ2) is 7.44. The number of anilines is 1. The number of carbonyl (C=O) groups excluding carboxylic acids is 1. The van der Waals surface area contributed by atoms with Gasteiger partial charge in [0.25, 0.3) is 10.0 Å². The molecule has 28 heavy (non-hydrogen) atoms. The Labute approximate surface area is 164 Å². The molecule has 1 aromatic heterocycles. The Morgan fingerprint density at radius 2 is 1.57 bits per heavy atom. The van der Waals surface area contributed by atoms with E-state index in [0.29, 0.717) is 15.9 Å². The number of benzene rings is 2. The van der Waals surface area contributed by atoms with E-state index in [1.165, 1.54) is 30.6 Å². The molecule has 0 fully saturated rings. The third-order valence-electron chi connectivity index (χ3n) is 4.37. The van der Waals surface area contributed by atoms with E-state index in [0.717, 1.165) is 11.1 Å². The number of nitrogens with one attached hydrogen (secondary N) is 1. The van der Waals surface area contributed by atoms with E-state index in [1.54, 1.807) is 37.3 Å². The molecule has 6 nitrogen and oxygen atoms in total. The van der Waals surface area contributed by atoms with Crippen molar-refractivity contribution < 1.29 is 17.9 Å². The SMILES string of the molecule is Cc1ccc(S(=O)(=O)Nc2ccc(C)cc2C(=O)c2cc[n+]([O-])cc2C)cc1. The summed E-state index contributed by atoms with van der Waals surface area (Å²) in [6, 6.07) is 12.8. The summed E-state index contributed by atoms with van der Waals surface area (Å²) >= 11 is 0. The van der Waals surface area contributed by atoms with Crippen LogP contribution in [0, 0.1) is 26.0 Å². The molecule has 0 amide bonds. The van der Waals surface area contributed by atoms with Gasteiger partial charge in [-0.3, -0.25) is 9.52 Å². The average molecular weight is 396 g/mol. The van der Waals surface area contributed by atoms with Crippen LogP contribution in [0.3, 0.4) is 0 Å². The fraction of sp³-hybridized carbons (Fsp3) is 0.143. The average Bonchev–Trinajstić information content (AvgIpc) is 2.63. The predicted octanol–water partition coefficient (Wildman–Crippen LogP) is 3.28. The van der Waals surface area contributed by atoms with E-state index in [4.69, 9.17) is 0 Å². The highest BCUT2D eigenvalue weighted by atomic mass is 32.2. The molecule has 0 radical (unpaired) electrons. The number of aryl methyl sites for hydroxylation is 3.